The minimum absolute atomic E-state index is 0.0901. The number of alkyl halides is 4. The zero-order chi connectivity index (χ0) is 76.7. The monoisotopic (exact) mass is 1580 g/mol. The van der Waals surface area contributed by atoms with Crippen LogP contribution < -0.4 is 31.1 Å². The van der Waals surface area contributed by atoms with Gasteiger partial charge in [-0.1, -0.05) is 96.0 Å². The SMILES string of the molecule is CC1(C)OB(c2ccc(N)cc2)OC1(C)C.Cc1cc2c(-c3ccc(N)cc3)ncnc2n1S(=O)(=O)c1ccccc1.Cc1cc2c(Cl)ncnc2n1S(=O)(=O)c1ccccc1.O=S(=O)(Cl)c1ccc(OC(F)F)cc1.O=S(=O)(Nc1ccc(-c2ncnc3[nH]c(Cl)cc23)cc1)c1ccc(OC(F)F)cc1. The molecule has 7 aromatic carbocycles. The number of H-pyrrole nitrogens is 1. The molecule has 36 heteroatoms. The molecule has 0 radical (unpaired) electrons. The van der Waals surface area contributed by atoms with E-state index in [1.54, 1.807) is 129 Å². The predicted octanol–water partition coefficient (Wildman–Crippen LogP) is 14.3. The van der Waals surface area contributed by atoms with Crippen molar-refractivity contribution in [3.63, 3.8) is 0 Å². The fourth-order valence-corrected chi connectivity index (χ4v) is 15.6. The van der Waals surface area contributed by atoms with Crippen molar-refractivity contribution in [2.75, 3.05) is 16.2 Å². The van der Waals surface area contributed by atoms with E-state index in [-0.39, 0.29) is 60.2 Å². The second-order valence-electron chi connectivity index (χ2n) is 23.9. The summed E-state index contributed by atoms with van der Waals surface area (Å²) in [6.07, 6.45) is 4.04. The number of aryl methyl sites for hydroxylation is 2. The first-order valence-electron chi connectivity index (χ1n) is 31.2. The highest BCUT2D eigenvalue weighted by Gasteiger charge is 2.51. The molecule has 14 rings (SSSR count). The second-order valence-corrected chi connectivity index (χ2v) is 32.5. The number of nitrogens with zero attached hydrogens (tertiary/aromatic N) is 8. The molecule has 6 N–H and O–H groups in total. The van der Waals surface area contributed by atoms with Crippen molar-refractivity contribution in [1.82, 2.24) is 42.8 Å². The van der Waals surface area contributed by atoms with Crippen LogP contribution in [0.5, 0.6) is 11.5 Å². The molecule has 0 unspecified atom stereocenters. The summed E-state index contributed by atoms with van der Waals surface area (Å²) in [6, 6.07) is 52.2. The van der Waals surface area contributed by atoms with Gasteiger partial charge in [0.15, 0.2) is 11.3 Å². The van der Waals surface area contributed by atoms with Crippen LogP contribution in [0.3, 0.4) is 0 Å². The molecule has 1 aliphatic rings. The van der Waals surface area contributed by atoms with Gasteiger partial charge in [-0.15, -0.1) is 0 Å². The summed E-state index contributed by atoms with van der Waals surface area (Å²) >= 11 is 12.0. The van der Waals surface area contributed by atoms with E-state index in [9.17, 15) is 51.2 Å². The molecule has 550 valence electrons. The van der Waals surface area contributed by atoms with Gasteiger partial charge in [-0.2, -0.15) is 17.6 Å². The molecular weight excluding hydrogens is 1520 g/mol. The van der Waals surface area contributed by atoms with E-state index < -0.39 is 52.3 Å². The maximum Gasteiger partial charge on any atom is 0.494 e. The smallest absolute Gasteiger partial charge is 0.435 e. The van der Waals surface area contributed by atoms with Crippen LogP contribution in [-0.4, -0.2) is 108 Å². The Balaban J connectivity index is 0.000000146. The largest absolute Gasteiger partial charge is 0.494 e. The van der Waals surface area contributed by atoms with Crippen molar-refractivity contribution in [1.29, 1.82) is 0 Å². The summed E-state index contributed by atoms with van der Waals surface area (Å²) in [6.45, 7) is 5.70. The molecule has 1 saturated heterocycles. The van der Waals surface area contributed by atoms with Gasteiger partial charge in [0.25, 0.3) is 39.1 Å². The van der Waals surface area contributed by atoms with E-state index in [4.69, 9.17) is 54.7 Å². The van der Waals surface area contributed by atoms with Crippen molar-refractivity contribution in [3.8, 4) is 34.0 Å². The van der Waals surface area contributed by atoms with Crippen molar-refractivity contribution < 1.29 is 70.0 Å². The van der Waals surface area contributed by atoms with Crippen molar-refractivity contribution in [2.24, 2.45) is 0 Å². The first kappa shape index (κ1) is 78.4. The molecule has 0 bridgehead atoms. The van der Waals surface area contributed by atoms with Crippen LogP contribution in [-0.2, 0) is 48.4 Å². The number of aromatic nitrogens is 9. The highest BCUT2D eigenvalue weighted by Crippen LogP contribution is 2.38. The molecule has 0 amide bonds. The lowest BCUT2D eigenvalue weighted by Gasteiger charge is -2.32. The van der Waals surface area contributed by atoms with E-state index in [2.05, 4.69) is 49.1 Å². The maximum atomic E-state index is 13.1. The third-order valence-corrected chi connectivity index (χ3v) is 23.0. The fraction of sp³-hybridized carbons (Fsp3) is 0.143. The van der Waals surface area contributed by atoms with Gasteiger partial charge in [0, 0.05) is 61.0 Å². The van der Waals surface area contributed by atoms with Crippen LogP contribution in [0.4, 0.5) is 34.6 Å². The molecule has 6 aromatic heterocycles. The average molecular weight is 1580 g/mol. The number of nitrogens with one attached hydrogen (secondary N) is 2. The van der Waals surface area contributed by atoms with Crippen LogP contribution in [0.2, 0.25) is 10.3 Å². The average Bonchev–Trinajstić information content (AvgIpc) is 1.59. The number of nitrogen functional groups attached to an aromatic ring is 2. The Kier molecular flexibility index (Phi) is 23.8. The van der Waals surface area contributed by atoms with E-state index in [0.717, 1.165) is 64.1 Å². The van der Waals surface area contributed by atoms with Crippen LogP contribution in [0, 0.1) is 13.8 Å². The van der Waals surface area contributed by atoms with Crippen molar-refractivity contribution in [2.45, 2.75) is 85.5 Å². The van der Waals surface area contributed by atoms with Crippen LogP contribution >= 0.6 is 33.9 Å². The zero-order valence-corrected chi connectivity index (χ0v) is 62.0. The summed E-state index contributed by atoms with van der Waals surface area (Å²) in [7, 11) is -10.5. The van der Waals surface area contributed by atoms with Gasteiger partial charge in [0.05, 0.1) is 47.6 Å². The number of hydrogen-bond donors (Lipinski definition) is 4. The summed E-state index contributed by atoms with van der Waals surface area (Å²) in [5.41, 5.74) is 18.8. The normalized spacial score (nSPS) is 13.4. The summed E-state index contributed by atoms with van der Waals surface area (Å²) < 4.78 is 171. The highest BCUT2D eigenvalue weighted by atomic mass is 35.7. The molecule has 0 aliphatic carbocycles. The molecule has 1 aliphatic heterocycles. The Morgan fingerprint density at radius 3 is 1.39 bits per heavy atom. The lowest BCUT2D eigenvalue weighted by atomic mass is 9.79. The van der Waals surface area contributed by atoms with E-state index in [1.165, 1.54) is 39.1 Å². The van der Waals surface area contributed by atoms with Gasteiger partial charge in [-0.25, -0.2) is 71.5 Å². The Bertz CT molecular complexity index is 5740. The number of aromatic amines is 1. The Hall–Kier alpha value is -10.2. The lowest BCUT2D eigenvalue weighted by Crippen LogP contribution is -2.41. The number of sulfonamides is 1. The number of benzene rings is 7. The topological polar surface area (TPSA) is 341 Å². The van der Waals surface area contributed by atoms with Gasteiger partial charge >= 0.3 is 20.3 Å². The number of rotatable bonds is 15. The summed E-state index contributed by atoms with van der Waals surface area (Å²) in [5, 5.41) is 2.60. The summed E-state index contributed by atoms with van der Waals surface area (Å²) in [4.78, 5) is 28.0. The summed E-state index contributed by atoms with van der Waals surface area (Å²) in [5.74, 6) is -0.251. The first-order chi connectivity index (χ1) is 50.0. The van der Waals surface area contributed by atoms with Gasteiger partial charge in [-0.3, -0.25) is 4.72 Å². The molecular formula is C70H62BCl3F4N12O12S4. The fourth-order valence-electron chi connectivity index (χ4n) is 10.3. The number of ether oxygens (including phenoxy) is 2. The van der Waals surface area contributed by atoms with Crippen LogP contribution in [0.1, 0.15) is 39.1 Å². The lowest BCUT2D eigenvalue weighted by molar-refractivity contribution is -0.0505. The third kappa shape index (κ3) is 18.3. The minimum Gasteiger partial charge on any atom is -0.435 e. The molecule has 106 heavy (non-hydrogen) atoms. The standard InChI is InChI=1S/C19H13ClF2N4O3S.C19H16N4O2S.C13H10ClN3O2S.C12H18BNO2.C7H5ClF2O3S/c20-16-9-15-17(23-10-24-18(15)25-16)11-1-3-12(4-2-11)26-30(27,28)14-7-5-13(6-8-14)29-19(21)22;1-13-11-17-18(14-7-9-15(20)10-8-14)21-12-22-19(17)23(13)26(24,25)16-5-3-2-4-6-16;1-9-7-11-12(14)15-8-16-13(11)17(9)20(18,19)10-5-3-2-4-6-10;1-11(2)12(3,4)16-13(15-11)9-5-7-10(14)8-6-9;8-14(11,12)6-3-1-5(2-4-6)13-7(9)10/h1-10,19,26H,(H,23,24,25);2-12H,20H2,1H3;2-8H,1H3;5-8H,14H2,1-4H3;1-4,7H. The van der Waals surface area contributed by atoms with Gasteiger partial charge in [-0.05, 0) is 174 Å². The number of hydrogen-bond acceptors (Lipinski definition) is 20. The third-order valence-electron chi connectivity index (χ3n) is 16.1. The Morgan fingerprint density at radius 2 is 0.915 bits per heavy atom. The molecule has 0 spiro atoms. The van der Waals surface area contributed by atoms with Crippen molar-refractivity contribution >= 4 is 136 Å². The van der Waals surface area contributed by atoms with Gasteiger partial charge in [0.2, 0.25) is 0 Å². The number of nitrogens with two attached hydrogens (primary N) is 2. The van der Waals surface area contributed by atoms with E-state index in [0.29, 0.717) is 61.4 Å². The highest BCUT2D eigenvalue weighted by molar-refractivity contribution is 8.13. The van der Waals surface area contributed by atoms with Gasteiger partial charge in [0.1, 0.15) is 46.4 Å². The van der Waals surface area contributed by atoms with Gasteiger partial charge < -0.3 is 35.2 Å². The van der Waals surface area contributed by atoms with E-state index >= 15 is 0 Å². The van der Waals surface area contributed by atoms with Crippen molar-refractivity contribution in [3.05, 3.63) is 241 Å². The maximum absolute atomic E-state index is 13.1. The minimum atomic E-state index is -3.91. The quantitative estimate of drug-likeness (QED) is 0.0243. The number of fused-ring (bicyclic) bond motifs is 3. The molecule has 7 heterocycles. The molecule has 13 aromatic rings. The first-order valence-corrected chi connectivity index (χ1v) is 38.6. The van der Waals surface area contributed by atoms with Crippen LogP contribution in [0.15, 0.2) is 239 Å². The Morgan fingerprint density at radius 1 is 0.500 bits per heavy atom. The molecule has 1 fully saturated rings. The second kappa shape index (κ2) is 32.2. The predicted molar refractivity (Wildman–Crippen MR) is 398 cm³/mol. The van der Waals surface area contributed by atoms with Crippen LogP contribution in [0.25, 0.3) is 55.6 Å². The number of halogens is 7. The van der Waals surface area contributed by atoms with E-state index in [1.807, 2.05) is 64.1 Å². The molecule has 0 atom stereocenters. The zero-order valence-electron chi connectivity index (χ0n) is 56.4. The Labute approximate surface area is 621 Å². The molecule has 0 saturated carbocycles. The number of anilines is 3. The molecule has 24 nitrogen and oxygen atoms in total.